The van der Waals surface area contributed by atoms with Crippen molar-refractivity contribution in [2.45, 2.75) is 39.7 Å². The number of carbonyl (C=O) groups excluding carboxylic acids is 1. The maximum atomic E-state index is 11.9. The lowest BCUT2D eigenvalue weighted by Crippen LogP contribution is -2.21. The van der Waals surface area contributed by atoms with Crippen LogP contribution in [0.1, 0.15) is 37.4 Å². The van der Waals surface area contributed by atoms with E-state index in [-0.39, 0.29) is 18.5 Å². The first-order valence-corrected chi connectivity index (χ1v) is 5.95. The molecule has 0 aliphatic carbocycles. The topological polar surface area (TPSA) is 64.3 Å². The highest BCUT2D eigenvalue weighted by atomic mass is 16.5. The smallest absolute Gasteiger partial charge is 0.314 e. The summed E-state index contributed by atoms with van der Waals surface area (Å²) in [5.41, 5.74) is 1.80. The summed E-state index contributed by atoms with van der Waals surface area (Å²) in [6.07, 6.45) is 2.38. The molecule has 0 spiro atoms. The molecule has 1 rings (SSSR count). The number of hydrogen-bond donors (Lipinski definition) is 1. The number of aromatic nitrogens is 2. The van der Waals surface area contributed by atoms with Crippen molar-refractivity contribution in [2.75, 3.05) is 13.2 Å². The van der Waals surface area contributed by atoms with E-state index in [1.165, 1.54) is 0 Å². The van der Waals surface area contributed by atoms with Gasteiger partial charge in [-0.25, -0.2) is 0 Å². The SMILES string of the molecule is CCOC(=O)C(CC)c1c(C)cnn1CCO. The lowest BCUT2D eigenvalue weighted by atomic mass is 9.99. The molecular formula is C12H20N2O3. The Morgan fingerprint density at radius 3 is 2.82 bits per heavy atom. The second-order valence-corrected chi connectivity index (χ2v) is 3.87. The van der Waals surface area contributed by atoms with E-state index in [1.54, 1.807) is 17.8 Å². The molecule has 17 heavy (non-hydrogen) atoms. The highest BCUT2D eigenvalue weighted by molar-refractivity contribution is 5.78. The van der Waals surface area contributed by atoms with Crippen LogP contribution in [0.15, 0.2) is 6.20 Å². The van der Waals surface area contributed by atoms with Crippen LogP contribution in [0.2, 0.25) is 0 Å². The second kappa shape index (κ2) is 6.39. The van der Waals surface area contributed by atoms with Gasteiger partial charge in [0.15, 0.2) is 0 Å². The van der Waals surface area contributed by atoms with Crippen molar-refractivity contribution in [3.05, 3.63) is 17.5 Å². The van der Waals surface area contributed by atoms with Gasteiger partial charge in [-0.15, -0.1) is 0 Å². The molecule has 96 valence electrons. The van der Waals surface area contributed by atoms with E-state index in [2.05, 4.69) is 5.10 Å². The number of hydrogen-bond acceptors (Lipinski definition) is 4. The summed E-state index contributed by atoms with van der Waals surface area (Å²) < 4.78 is 6.75. The Labute approximate surface area is 101 Å². The first-order chi connectivity index (χ1) is 8.15. The van der Waals surface area contributed by atoms with Crippen LogP contribution in [-0.2, 0) is 16.1 Å². The summed E-state index contributed by atoms with van der Waals surface area (Å²) in [5.74, 6) is -0.526. The molecule has 5 nitrogen and oxygen atoms in total. The zero-order valence-electron chi connectivity index (χ0n) is 10.6. The number of rotatable bonds is 6. The highest BCUT2D eigenvalue weighted by Crippen LogP contribution is 2.24. The van der Waals surface area contributed by atoms with E-state index < -0.39 is 0 Å². The van der Waals surface area contributed by atoms with Gasteiger partial charge in [-0.1, -0.05) is 6.92 Å². The third-order valence-electron chi connectivity index (χ3n) is 2.69. The minimum absolute atomic E-state index is 0.00732. The van der Waals surface area contributed by atoms with Crippen LogP contribution in [-0.4, -0.2) is 34.1 Å². The molecule has 1 aromatic rings. The Hall–Kier alpha value is -1.36. The van der Waals surface area contributed by atoms with Crippen LogP contribution in [0.3, 0.4) is 0 Å². The number of ether oxygens (including phenoxy) is 1. The number of nitrogens with zero attached hydrogens (tertiary/aromatic N) is 2. The minimum atomic E-state index is -0.302. The van der Waals surface area contributed by atoms with Gasteiger partial charge < -0.3 is 9.84 Å². The predicted molar refractivity (Wildman–Crippen MR) is 63.7 cm³/mol. The Balaban J connectivity index is 3.01. The van der Waals surface area contributed by atoms with Crippen molar-refractivity contribution in [3.8, 4) is 0 Å². The van der Waals surface area contributed by atoms with E-state index in [1.807, 2.05) is 13.8 Å². The largest absolute Gasteiger partial charge is 0.465 e. The fourth-order valence-electron chi connectivity index (χ4n) is 1.93. The molecule has 1 aromatic heterocycles. The zero-order chi connectivity index (χ0) is 12.8. The number of aryl methyl sites for hydroxylation is 1. The molecule has 1 N–H and O–H groups in total. The van der Waals surface area contributed by atoms with Crippen molar-refractivity contribution < 1.29 is 14.6 Å². The molecule has 0 amide bonds. The zero-order valence-corrected chi connectivity index (χ0v) is 10.6. The Bertz CT molecular complexity index is 374. The lowest BCUT2D eigenvalue weighted by molar-refractivity contribution is -0.145. The molecule has 0 saturated carbocycles. The average Bonchev–Trinajstić information content (AvgIpc) is 2.64. The predicted octanol–water partition coefficient (Wildman–Crippen LogP) is 1.24. The normalized spacial score (nSPS) is 12.5. The summed E-state index contributed by atoms with van der Waals surface area (Å²) in [4.78, 5) is 11.9. The summed E-state index contributed by atoms with van der Waals surface area (Å²) in [6.45, 7) is 6.44. The molecule has 1 heterocycles. The highest BCUT2D eigenvalue weighted by Gasteiger charge is 2.25. The Morgan fingerprint density at radius 1 is 1.59 bits per heavy atom. The van der Waals surface area contributed by atoms with Crippen LogP contribution in [0.5, 0.6) is 0 Å². The van der Waals surface area contributed by atoms with Crippen molar-refractivity contribution in [3.63, 3.8) is 0 Å². The number of aliphatic hydroxyl groups is 1. The number of esters is 1. The Kier molecular flexibility index (Phi) is 5.15. The van der Waals surface area contributed by atoms with Crippen LogP contribution in [0, 0.1) is 6.92 Å². The molecule has 0 aliphatic heterocycles. The van der Waals surface area contributed by atoms with E-state index in [0.717, 1.165) is 11.3 Å². The lowest BCUT2D eigenvalue weighted by Gasteiger charge is -2.16. The third kappa shape index (κ3) is 3.06. The van der Waals surface area contributed by atoms with E-state index >= 15 is 0 Å². The summed E-state index contributed by atoms with van der Waals surface area (Å²) in [7, 11) is 0. The van der Waals surface area contributed by atoms with E-state index in [0.29, 0.717) is 19.6 Å². The first kappa shape index (κ1) is 13.7. The third-order valence-corrected chi connectivity index (χ3v) is 2.69. The van der Waals surface area contributed by atoms with E-state index in [9.17, 15) is 4.79 Å². The molecule has 1 atom stereocenters. The maximum absolute atomic E-state index is 11.9. The molecule has 0 aliphatic rings. The number of carbonyl (C=O) groups is 1. The maximum Gasteiger partial charge on any atom is 0.314 e. The van der Waals surface area contributed by atoms with Crippen molar-refractivity contribution in [1.82, 2.24) is 9.78 Å². The monoisotopic (exact) mass is 240 g/mol. The van der Waals surface area contributed by atoms with Gasteiger partial charge in [0.25, 0.3) is 0 Å². The van der Waals surface area contributed by atoms with Crippen molar-refractivity contribution in [1.29, 1.82) is 0 Å². The van der Waals surface area contributed by atoms with Crippen LogP contribution < -0.4 is 0 Å². The molecule has 0 bridgehead atoms. The van der Waals surface area contributed by atoms with Gasteiger partial charge in [0.1, 0.15) is 0 Å². The van der Waals surface area contributed by atoms with Gasteiger partial charge in [-0.2, -0.15) is 5.10 Å². The fourth-order valence-corrected chi connectivity index (χ4v) is 1.93. The summed E-state index contributed by atoms with van der Waals surface area (Å²) in [6, 6.07) is 0. The second-order valence-electron chi connectivity index (χ2n) is 3.87. The Morgan fingerprint density at radius 2 is 2.29 bits per heavy atom. The van der Waals surface area contributed by atoms with Gasteiger partial charge in [0.2, 0.25) is 0 Å². The van der Waals surface area contributed by atoms with Gasteiger partial charge >= 0.3 is 5.97 Å². The van der Waals surface area contributed by atoms with Crippen LogP contribution in [0.4, 0.5) is 0 Å². The van der Waals surface area contributed by atoms with Crippen LogP contribution in [0.25, 0.3) is 0 Å². The molecule has 0 radical (unpaired) electrons. The molecular weight excluding hydrogens is 220 g/mol. The summed E-state index contributed by atoms with van der Waals surface area (Å²) >= 11 is 0. The summed E-state index contributed by atoms with van der Waals surface area (Å²) in [5, 5.41) is 13.1. The first-order valence-electron chi connectivity index (χ1n) is 5.95. The van der Waals surface area contributed by atoms with Gasteiger partial charge in [-0.3, -0.25) is 9.48 Å². The van der Waals surface area contributed by atoms with Gasteiger partial charge in [0, 0.05) is 0 Å². The van der Waals surface area contributed by atoms with Crippen molar-refractivity contribution >= 4 is 5.97 Å². The molecule has 0 fully saturated rings. The van der Waals surface area contributed by atoms with Crippen LogP contribution >= 0.6 is 0 Å². The minimum Gasteiger partial charge on any atom is -0.465 e. The molecule has 1 unspecified atom stereocenters. The van der Waals surface area contributed by atoms with Crippen molar-refractivity contribution in [2.24, 2.45) is 0 Å². The van der Waals surface area contributed by atoms with Gasteiger partial charge in [-0.05, 0) is 25.8 Å². The van der Waals surface area contributed by atoms with E-state index in [4.69, 9.17) is 9.84 Å². The number of aliphatic hydroxyl groups excluding tert-OH is 1. The molecule has 0 saturated heterocycles. The average molecular weight is 240 g/mol. The molecule has 5 heteroatoms. The van der Waals surface area contributed by atoms with Gasteiger partial charge in [0.05, 0.1) is 37.6 Å². The fraction of sp³-hybridized carbons (Fsp3) is 0.667. The standard InChI is InChI=1S/C12H20N2O3/c1-4-10(12(16)17-5-2)11-9(3)8-13-14(11)6-7-15/h8,10,15H,4-7H2,1-3H3. The molecule has 0 aromatic carbocycles. The quantitative estimate of drug-likeness (QED) is 0.760.